The van der Waals surface area contributed by atoms with Gasteiger partial charge in [0.15, 0.2) is 0 Å². The lowest BCUT2D eigenvalue weighted by atomic mass is 10.1. The van der Waals surface area contributed by atoms with E-state index in [9.17, 15) is 18.0 Å². The fourth-order valence-corrected chi connectivity index (χ4v) is 3.44. The molecular weight excluding hydrogens is 347 g/mol. The predicted octanol–water partition coefficient (Wildman–Crippen LogP) is 5.23. The van der Waals surface area contributed by atoms with Gasteiger partial charge in [-0.1, -0.05) is 29.8 Å². The van der Waals surface area contributed by atoms with E-state index in [2.05, 4.69) is 0 Å². The Bertz CT molecular complexity index is 724. The molecule has 1 heterocycles. The van der Waals surface area contributed by atoms with Gasteiger partial charge in [0.25, 0.3) is 5.91 Å². The van der Waals surface area contributed by atoms with Gasteiger partial charge in [-0.05, 0) is 36.6 Å². The topological polar surface area (TPSA) is 20.3 Å². The molecule has 2 aromatic rings. The average Bonchev–Trinajstić information content (AvgIpc) is 3.24. The van der Waals surface area contributed by atoms with Gasteiger partial charge in [0.1, 0.15) is 0 Å². The highest BCUT2D eigenvalue weighted by Gasteiger charge is 2.37. The molecule has 1 aromatic carbocycles. The molecular formula is C16H13ClF3NOS. The number of hydrogen-bond acceptors (Lipinski definition) is 2. The molecule has 23 heavy (non-hydrogen) atoms. The molecule has 1 fully saturated rings. The maximum atomic E-state index is 13.1. The van der Waals surface area contributed by atoms with Crippen molar-refractivity contribution in [1.82, 2.24) is 4.90 Å². The molecule has 122 valence electrons. The Labute approximate surface area is 140 Å². The molecule has 0 saturated heterocycles. The highest BCUT2D eigenvalue weighted by molar-refractivity contribution is 7.17. The fourth-order valence-electron chi connectivity index (χ4n) is 2.44. The second kappa shape index (κ2) is 6.17. The van der Waals surface area contributed by atoms with Crippen LogP contribution in [0.5, 0.6) is 0 Å². The quantitative estimate of drug-likeness (QED) is 0.732. The van der Waals surface area contributed by atoms with E-state index in [4.69, 9.17) is 11.6 Å². The first-order chi connectivity index (χ1) is 10.9. The van der Waals surface area contributed by atoms with E-state index in [0.29, 0.717) is 9.21 Å². The summed E-state index contributed by atoms with van der Waals surface area (Å²) in [6.07, 6.45) is -2.79. The maximum absolute atomic E-state index is 13.1. The van der Waals surface area contributed by atoms with Crippen LogP contribution in [0.4, 0.5) is 13.2 Å². The minimum atomic E-state index is -4.43. The van der Waals surface area contributed by atoms with Crippen LogP contribution in [-0.4, -0.2) is 16.8 Å². The minimum Gasteiger partial charge on any atom is -0.331 e. The van der Waals surface area contributed by atoms with Gasteiger partial charge in [0, 0.05) is 12.6 Å². The third-order valence-electron chi connectivity index (χ3n) is 3.70. The molecule has 0 atom stereocenters. The van der Waals surface area contributed by atoms with Crippen LogP contribution in [0.2, 0.25) is 4.34 Å². The van der Waals surface area contributed by atoms with Crippen LogP contribution in [0.3, 0.4) is 0 Å². The van der Waals surface area contributed by atoms with E-state index in [1.54, 1.807) is 18.2 Å². The van der Waals surface area contributed by atoms with Crippen molar-refractivity contribution in [3.05, 3.63) is 56.7 Å². The zero-order valence-electron chi connectivity index (χ0n) is 11.9. The lowest BCUT2D eigenvalue weighted by Crippen LogP contribution is -2.32. The second-order valence-electron chi connectivity index (χ2n) is 5.42. The third-order valence-corrected chi connectivity index (χ3v) is 4.92. The lowest BCUT2D eigenvalue weighted by molar-refractivity contribution is -0.138. The fraction of sp³-hybridized carbons (Fsp3) is 0.312. The Kier molecular flexibility index (Phi) is 4.38. The highest BCUT2D eigenvalue weighted by Crippen LogP contribution is 2.36. The smallest absolute Gasteiger partial charge is 0.331 e. The zero-order chi connectivity index (χ0) is 16.6. The van der Waals surface area contributed by atoms with Crippen molar-refractivity contribution in [3.8, 4) is 0 Å². The molecule has 0 aliphatic heterocycles. The SMILES string of the molecule is O=C(c1ccc(Cl)s1)N(Cc1ccccc1C(F)(F)F)C1CC1. The first-order valence-corrected chi connectivity index (χ1v) is 8.27. The molecule has 0 N–H and O–H groups in total. The van der Waals surface area contributed by atoms with Crippen LogP contribution in [0.15, 0.2) is 36.4 Å². The Balaban J connectivity index is 1.88. The van der Waals surface area contributed by atoms with Crippen molar-refractivity contribution in [2.24, 2.45) is 0 Å². The van der Waals surface area contributed by atoms with Crippen molar-refractivity contribution in [1.29, 1.82) is 0 Å². The molecule has 1 amide bonds. The van der Waals surface area contributed by atoms with Gasteiger partial charge in [-0.2, -0.15) is 13.2 Å². The number of benzene rings is 1. The molecule has 0 bridgehead atoms. The van der Waals surface area contributed by atoms with Crippen molar-refractivity contribution in [2.45, 2.75) is 31.6 Å². The standard InChI is InChI=1S/C16H13ClF3NOS/c17-14-8-7-13(23-14)15(22)21(11-5-6-11)9-10-3-1-2-4-12(10)16(18,19)20/h1-4,7-8,11H,5-6,9H2. The van der Waals surface area contributed by atoms with Crippen LogP contribution in [0, 0.1) is 0 Å². The van der Waals surface area contributed by atoms with Gasteiger partial charge in [0.2, 0.25) is 0 Å². The van der Waals surface area contributed by atoms with Crippen molar-refractivity contribution >= 4 is 28.8 Å². The van der Waals surface area contributed by atoms with Crippen LogP contribution in [0.25, 0.3) is 0 Å². The van der Waals surface area contributed by atoms with E-state index in [-0.39, 0.29) is 24.1 Å². The summed E-state index contributed by atoms with van der Waals surface area (Å²) in [4.78, 5) is 14.6. The summed E-state index contributed by atoms with van der Waals surface area (Å²) >= 11 is 6.99. The highest BCUT2D eigenvalue weighted by atomic mass is 35.5. The number of carbonyl (C=O) groups excluding carboxylic acids is 1. The first-order valence-electron chi connectivity index (χ1n) is 7.07. The average molecular weight is 360 g/mol. The summed E-state index contributed by atoms with van der Waals surface area (Å²) in [6.45, 7) is -0.0469. The molecule has 1 aromatic heterocycles. The molecule has 0 unspecified atom stereocenters. The summed E-state index contributed by atoms with van der Waals surface area (Å²) in [5, 5.41) is 0. The van der Waals surface area contributed by atoms with E-state index in [1.807, 2.05) is 0 Å². The van der Waals surface area contributed by atoms with Crippen LogP contribution >= 0.6 is 22.9 Å². The summed E-state index contributed by atoms with van der Waals surface area (Å²) in [5.41, 5.74) is -0.578. The van der Waals surface area contributed by atoms with Gasteiger partial charge in [-0.15, -0.1) is 11.3 Å². The Morgan fingerprint density at radius 2 is 1.91 bits per heavy atom. The number of carbonyl (C=O) groups is 1. The summed E-state index contributed by atoms with van der Waals surface area (Å²) in [7, 11) is 0. The number of hydrogen-bond donors (Lipinski definition) is 0. The number of rotatable bonds is 4. The third kappa shape index (κ3) is 3.70. The normalized spacial score (nSPS) is 14.8. The summed E-state index contributed by atoms with van der Waals surface area (Å²) in [5.74, 6) is -0.263. The largest absolute Gasteiger partial charge is 0.416 e. The van der Waals surface area contributed by atoms with E-state index < -0.39 is 11.7 Å². The molecule has 2 nitrogen and oxygen atoms in total. The van der Waals surface area contributed by atoms with Crippen LogP contribution in [-0.2, 0) is 12.7 Å². The lowest BCUT2D eigenvalue weighted by Gasteiger charge is -2.24. The van der Waals surface area contributed by atoms with Gasteiger partial charge < -0.3 is 4.90 Å². The summed E-state index contributed by atoms with van der Waals surface area (Å²) < 4.78 is 39.9. The zero-order valence-corrected chi connectivity index (χ0v) is 13.5. The second-order valence-corrected chi connectivity index (χ2v) is 7.14. The Morgan fingerprint density at radius 3 is 2.48 bits per heavy atom. The van der Waals surface area contributed by atoms with Crippen molar-refractivity contribution in [3.63, 3.8) is 0 Å². The first kappa shape index (κ1) is 16.3. The van der Waals surface area contributed by atoms with E-state index in [0.717, 1.165) is 30.2 Å². The van der Waals surface area contributed by atoms with E-state index >= 15 is 0 Å². The molecule has 3 rings (SSSR count). The molecule has 0 radical (unpaired) electrons. The van der Waals surface area contributed by atoms with Crippen molar-refractivity contribution < 1.29 is 18.0 Å². The number of alkyl halides is 3. The monoisotopic (exact) mass is 359 g/mol. The molecule has 1 aliphatic carbocycles. The van der Waals surface area contributed by atoms with Crippen LogP contribution < -0.4 is 0 Å². The molecule has 1 aliphatic rings. The van der Waals surface area contributed by atoms with E-state index in [1.165, 1.54) is 17.0 Å². The Morgan fingerprint density at radius 1 is 1.22 bits per heavy atom. The van der Waals surface area contributed by atoms with Gasteiger partial charge in [-0.25, -0.2) is 0 Å². The molecule has 0 spiro atoms. The number of amides is 1. The maximum Gasteiger partial charge on any atom is 0.416 e. The van der Waals surface area contributed by atoms with Gasteiger partial charge in [0.05, 0.1) is 14.8 Å². The Hall–Kier alpha value is -1.53. The van der Waals surface area contributed by atoms with Gasteiger partial charge in [-0.3, -0.25) is 4.79 Å². The van der Waals surface area contributed by atoms with Crippen molar-refractivity contribution in [2.75, 3.05) is 0 Å². The summed E-state index contributed by atoms with van der Waals surface area (Å²) in [6, 6.07) is 8.62. The van der Waals surface area contributed by atoms with Crippen LogP contribution in [0.1, 0.15) is 33.6 Å². The molecule has 7 heteroatoms. The number of nitrogens with zero attached hydrogens (tertiary/aromatic N) is 1. The molecule has 1 saturated carbocycles. The predicted molar refractivity (Wildman–Crippen MR) is 83.7 cm³/mol. The van der Waals surface area contributed by atoms with Gasteiger partial charge >= 0.3 is 6.18 Å². The number of halogens is 4. The minimum absolute atomic E-state index is 0.00432. The number of thiophene rings is 1.